The Morgan fingerprint density at radius 1 is 0.951 bits per heavy atom. The number of nitrogens with zero attached hydrogens (tertiary/aromatic N) is 3. The summed E-state index contributed by atoms with van der Waals surface area (Å²) in [7, 11) is 3.65. The summed E-state index contributed by atoms with van der Waals surface area (Å²) in [6.45, 7) is 3.02. The number of carbonyl (C=O) groups excluding carboxylic acids is 1. The molecule has 0 saturated carbocycles. The van der Waals surface area contributed by atoms with Crippen molar-refractivity contribution in [2.45, 2.75) is 19.4 Å². The van der Waals surface area contributed by atoms with Crippen molar-refractivity contribution in [3.05, 3.63) is 108 Å². The zero-order valence-corrected chi connectivity index (χ0v) is 23.8. The monoisotopic (exact) mass is 551 g/mol. The van der Waals surface area contributed by atoms with Crippen LogP contribution in [0.5, 0.6) is 11.5 Å². The smallest absolute Gasteiger partial charge is 0.224 e. The lowest BCUT2D eigenvalue weighted by Gasteiger charge is -2.26. The van der Waals surface area contributed by atoms with Crippen LogP contribution in [0.2, 0.25) is 0 Å². The Bertz CT molecular complexity index is 1440. The molecule has 0 saturated heterocycles. The van der Waals surface area contributed by atoms with Gasteiger partial charge in [0.1, 0.15) is 18.1 Å². The molecule has 1 aliphatic rings. The number of pyridine rings is 1. The largest absolute Gasteiger partial charge is 0.497 e. The molecule has 1 aromatic heterocycles. The van der Waals surface area contributed by atoms with E-state index in [1.165, 1.54) is 5.56 Å². The van der Waals surface area contributed by atoms with E-state index in [2.05, 4.69) is 52.3 Å². The Labute approximate surface area is 242 Å². The highest BCUT2D eigenvalue weighted by Gasteiger charge is 2.17. The van der Waals surface area contributed by atoms with E-state index in [1.807, 2.05) is 54.5 Å². The van der Waals surface area contributed by atoms with E-state index in [4.69, 9.17) is 14.2 Å². The second-order valence-corrected chi connectivity index (χ2v) is 10.2. The van der Waals surface area contributed by atoms with Crippen molar-refractivity contribution in [3.63, 3.8) is 0 Å². The molecule has 5 rings (SSSR count). The van der Waals surface area contributed by atoms with Crippen molar-refractivity contribution in [1.82, 2.24) is 9.88 Å². The molecule has 212 valence electrons. The van der Waals surface area contributed by atoms with E-state index in [-0.39, 0.29) is 5.91 Å². The SMILES string of the molecule is COc1cccc(N(C)CCC(=O)N2CCOCCOc3ccc(-c4cccnc4)cc3Cc3cccc(c3)C2)c1. The summed E-state index contributed by atoms with van der Waals surface area (Å²) in [6, 6.07) is 26.7. The van der Waals surface area contributed by atoms with Crippen molar-refractivity contribution in [2.24, 2.45) is 0 Å². The van der Waals surface area contributed by atoms with Gasteiger partial charge in [-0.1, -0.05) is 42.5 Å². The fourth-order valence-corrected chi connectivity index (χ4v) is 5.03. The lowest BCUT2D eigenvalue weighted by molar-refractivity contribution is -0.132. The third-order valence-electron chi connectivity index (χ3n) is 7.31. The summed E-state index contributed by atoms with van der Waals surface area (Å²) >= 11 is 0. The molecule has 0 aliphatic carbocycles. The molecule has 4 aromatic rings. The summed E-state index contributed by atoms with van der Waals surface area (Å²) in [5.74, 6) is 1.76. The first kappa shape index (κ1) is 28.2. The van der Waals surface area contributed by atoms with E-state index in [0.717, 1.165) is 45.9 Å². The molecule has 2 heterocycles. The quantitative estimate of drug-likeness (QED) is 0.310. The third-order valence-corrected chi connectivity index (χ3v) is 7.31. The van der Waals surface area contributed by atoms with Crippen LogP contribution in [0.4, 0.5) is 5.69 Å². The molecular formula is C34H37N3O4. The molecule has 41 heavy (non-hydrogen) atoms. The fraction of sp³-hybridized carbons (Fsp3) is 0.294. The normalized spacial score (nSPS) is 13.9. The molecule has 3 aromatic carbocycles. The Kier molecular flexibility index (Phi) is 9.49. The summed E-state index contributed by atoms with van der Waals surface area (Å²) in [6.07, 6.45) is 4.78. The Hall–Kier alpha value is -4.36. The van der Waals surface area contributed by atoms with Gasteiger partial charge in [0.25, 0.3) is 0 Å². The van der Waals surface area contributed by atoms with Gasteiger partial charge in [0.2, 0.25) is 5.91 Å². The number of rotatable bonds is 6. The first-order valence-electron chi connectivity index (χ1n) is 14.0. The minimum absolute atomic E-state index is 0.101. The number of amides is 1. The maximum Gasteiger partial charge on any atom is 0.224 e. The Balaban J connectivity index is 1.32. The van der Waals surface area contributed by atoms with Crippen LogP contribution in [0.25, 0.3) is 11.1 Å². The number of fused-ring (bicyclic) bond motifs is 3. The zero-order valence-electron chi connectivity index (χ0n) is 23.8. The van der Waals surface area contributed by atoms with Crippen LogP contribution in [0.1, 0.15) is 23.1 Å². The number of benzene rings is 3. The summed E-state index contributed by atoms with van der Waals surface area (Å²) in [4.78, 5) is 21.7. The van der Waals surface area contributed by atoms with E-state index in [9.17, 15) is 4.79 Å². The first-order chi connectivity index (χ1) is 20.1. The van der Waals surface area contributed by atoms with Crippen molar-refractivity contribution in [1.29, 1.82) is 0 Å². The highest BCUT2D eigenvalue weighted by molar-refractivity contribution is 5.77. The van der Waals surface area contributed by atoms with Crippen LogP contribution in [0, 0.1) is 0 Å². The van der Waals surface area contributed by atoms with Crippen LogP contribution in [-0.2, 0) is 22.5 Å². The first-order valence-corrected chi connectivity index (χ1v) is 14.0. The molecule has 0 fully saturated rings. The zero-order chi connectivity index (χ0) is 28.4. The average Bonchev–Trinajstić information content (AvgIpc) is 3.01. The van der Waals surface area contributed by atoms with Gasteiger partial charge >= 0.3 is 0 Å². The van der Waals surface area contributed by atoms with Gasteiger partial charge in [-0.15, -0.1) is 0 Å². The van der Waals surface area contributed by atoms with Gasteiger partial charge in [0.05, 0.1) is 20.3 Å². The van der Waals surface area contributed by atoms with Crippen LogP contribution in [0.3, 0.4) is 0 Å². The second kappa shape index (κ2) is 13.8. The molecule has 2 bridgehead atoms. The molecule has 0 atom stereocenters. The Morgan fingerprint density at radius 2 is 1.83 bits per heavy atom. The Morgan fingerprint density at radius 3 is 2.68 bits per heavy atom. The van der Waals surface area contributed by atoms with Crippen molar-refractivity contribution >= 4 is 11.6 Å². The molecule has 0 unspecified atom stereocenters. The van der Waals surface area contributed by atoms with Gasteiger partial charge < -0.3 is 24.0 Å². The number of aromatic nitrogens is 1. The molecule has 1 aliphatic heterocycles. The maximum absolute atomic E-state index is 13.4. The lowest BCUT2D eigenvalue weighted by Crippen LogP contribution is -2.36. The van der Waals surface area contributed by atoms with Gasteiger partial charge in [0.15, 0.2) is 0 Å². The number of hydrogen-bond donors (Lipinski definition) is 0. The van der Waals surface area contributed by atoms with Gasteiger partial charge in [-0.3, -0.25) is 9.78 Å². The number of methoxy groups -OCH3 is 1. The van der Waals surface area contributed by atoms with E-state index >= 15 is 0 Å². The topological polar surface area (TPSA) is 64.1 Å². The van der Waals surface area contributed by atoms with Crippen molar-refractivity contribution < 1.29 is 19.0 Å². The minimum Gasteiger partial charge on any atom is -0.497 e. The number of anilines is 1. The average molecular weight is 552 g/mol. The van der Waals surface area contributed by atoms with Crippen molar-refractivity contribution in [3.8, 4) is 22.6 Å². The fourth-order valence-electron chi connectivity index (χ4n) is 5.03. The summed E-state index contributed by atoms with van der Waals surface area (Å²) in [5, 5.41) is 0. The van der Waals surface area contributed by atoms with Crippen LogP contribution in [0.15, 0.2) is 91.3 Å². The third kappa shape index (κ3) is 7.64. The van der Waals surface area contributed by atoms with Gasteiger partial charge in [-0.25, -0.2) is 0 Å². The molecule has 0 spiro atoms. The summed E-state index contributed by atoms with van der Waals surface area (Å²) < 4.78 is 17.4. The molecule has 0 radical (unpaired) electrons. The van der Waals surface area contributed by atoms with Gasteiger partial charge in [-0.2, -0.15) is 0 Å². The molecule has 1 amide bonds. The highest BCUT2D eigenvalue weighted by Crippen LogP contribution is 2.29. The standard InChI is InChI=1S/C34H37N3O4/c1-36(31-9-4-10-32(23-31)39-2)15-13-34(38)37-16-17-40-18-19-41-33-12-11-28(29-8-5-14-35-24-29)22-30(33)21-26-6-3-7-27(20-26)25-37/h3-12,14,20,22-24H,13,15-19,21,25H2,1-2H3. The molecule has 7 nitrogen and oxygen atoms in total. The van der Waals surface area contributed by atoms with E-state index < -0.39 is 0 Å². The van der Waals surface area contributed by atoms with Gasteiger partial charge in [0, 0.05) is 69.2 Å². The second-order valence-electron chi connectivity index (χ2n) is 10.2. The number of carbonyl (C=O) groups is 1. The summed E-state index contributed by atoms with van der Waals surface area (Å²) in [5.41, 5.74) is 6.56. The van der Waals surface area contributed by atoms with E-state index in [0.29, 0.717) is 45.9 Å². The highest BCUT2D eigenvalue weighted by atomic mass is 16.5. The minimum atomic E-state index is 0.101. The number of ether oxygens (including phenoxy) is 3. The van der Waals surface area contributed by atoms with Crippen molar-refractivity contribution in [2.75, 3.05) is 52.0 Å². The number of hydrogen-bond acceptors (Lipinski definition) is 6. The van der Waals surface area contributed by atoms with Gasteiger partial charge in [-0.05, 0) is 52.6 Å². The van der Waals surface area contributed by atoms with Crippen LogP contribution in [-0.4, -0.2) is 62.9 Å². The predicted molar refractivity (Wildman–Crippen MR) is 162 cm³/mol. The molecule has 0 N–H and O–H groups in total. The van der Waals surface area contributed by atoms with Crippen LogP contribution < -0.4 is 14.4 Å². The van der Waals surface area contributed by atoms with E-state index in [1.54, 1.807) is 13.3 Å². The predicted octanol–water partition coefficient (Wildman–Crippen LogP) is 5.61. The maximum atomic E-state index is 13.4. The van der Waals surface area contributed by atoms with Crippen LogP contribution >= 0.6 is 0 Å². The molecular weight excluding hydrogens is 514 g/mol. The lowest BCUT2D eigenvalue weighted by atomic mass is 9.98. The molecule has 7 heteroatoms.